The van der Waals surface area contributed by atoms with Gasteiger partial charge in [-0.1, -0.05) is 26.0 Å². The fraction of sp³-hybridized carbons (Fsp3) is 0.552. The number of fused-ring (bicyclic) bond motifs is 1. The second kappa shape index (κ2) is 11.1. The third-order valence-electron chi connectivity index (χ3n) is 7.82. The van der Waals surface area contributed by atoms with Gasteiger partial charge in [0.05, 0.1) is 17.9 Å². The van der Waals surface area contributed by atoms with Gasteiger partial charge < -0.3 is 19.9 Å². The Balaban J connectivity index is 1.33. The van der Waals surface area contributed by atoms with Gasteiger partial charge in [-0.25, -0.2) is 4.39 Å². The van der Waals surface area contributed by atoms with Crippen LogP contribution >= 0.6 is 0 Å². The van der Waals surface area contributed by atoms with Gasteiger partial charge >= 0.3 is 0 Å². The molecule has 3 aliphatic heterocycles. The molecule has 1 N–H and O–H groups in total. The average Bonchev–Trinajstić information content (AvgIpc) is 3.00. The summed E-state index contributed by atoms with van der Waals surface area (Å²) in [6.07, 6.45) is 3.32. The van der Waals surface area contributed by atoms with Crippen LogP contribution in [0.1, 0.15) is 44.0 Å². The van der Waals surface area contributed by atoms with Gasteiger partial charge in [0.25, 0.3) is 0 Å². The summed E-state index contributed by atoms with van der Waals surface area (Å²) in [5.74, 6) is -0.196. The van der Waals surface area contributed by atoms with Gasteiger partial charge in [-0.05, 0) is 49.1 Å². The van der Waals surface area contributed by atoms with Crippen molar-refractivity contribution in [2.75, 3.05) is 57.4 Å². The summed E-state index contributed by atoms with van der Waals surface area (Å²) >= 11 is 0. The van der Waals surface area contributed by atoms with Crippen molar-refractivity contribution in [1.29, 1.82) is 0 Å². The lowest BCUT2D eigenvalue weighted by Gasteiger charge is -2.41. The Hall–Kier alpha value is -2.88. The van der Waals surface area contributed by atoms with Crippen LogP contribution in [0.15, 0.2) is 36.5 Å². The third-order valence-corrected chi connectivity index (χ3v) is 7.82. The number of benzene rings is 1. The molecular formula is C29H38FN5O3. The number of halogens is 1. The average molecular weight is 524 g/mol. The predicted molar refractivity (Wildman–Crippen MR) is 144 cm³/mol. The van der Waals surface area contributed by atoms with Crippen LogP contribution in [-0.2, 0) is 26.2 Å². The van der Waals surface area contributed by atoms with E-state index in [2.05, 4.69) is 37.1 Å². The molecule has 2 amide bonds. The number of ether oxygens (including phenoxy) is 1. The molecule has 0 unspecified atom stereocenters. The van der Waals surface area contributed by atoms with Crippen molar-refractivity contribution in [2.45, 2.75) is 51.1 Å². The smallest absolute Gasteiger partial charge is 0.248 e. The van der Waals surface area contributed by atoms with E-state index in [4.69, 9.17) is 9.72 Å². The first kappa shape index (κ1) is 26.7. The van der Waals surface area contributed by atoms with E-state index in [1.165, 1.54) is 12.1 Å². The minimum atomic E-state index is -0.256. The van der Waals surface area contributed by atoms with Crippen molar-refractivity contribution < 1.29 is 18.7 Å². The van der Waals surface area contributed by atoms with Gasteiger partial charge in [-0.15, -0.1) is 0 Å². The Morgan fingerprint density at radius 1 is 1.24 bits per heavy atom. The van der Waals surface area contributed by atoms with Crippen LogP contribution in [0, 0.1) is 5.82 Å². The first-order chi connectivity index (χ1) is 18.2. The summed E-state index contributed by atoms with van der Waals surface area (Å²) in [6, 6.07) is 8.86. The summed E-state index contributed by atoms with van der Waals surface area (Å²) in [5, 5.41) is 3.52. The number of nitrogens with zero attached hydrogens (tertiary/aromatic N) is 4. The number of rotatable bonds is 6. The number of nitrogens with one attached hydrogen (secondary N) is 1. The molecule has 1 aromatic heterocycles. The summed E-state index contributed by atoms with van der Waals surface area (Å²) in [4.78, 5) is 37.1. The normalized spacial score (nSPS) is 23.8. The Labute approximate surface area is 224 Å². The fourth-order valence-electron chi connectivity index (χ4n) is 5.78. The van der Waals surface area contributed by atoms with Crippen molar-refractivity contribution in [3.8, 4) is 0 Å². The zero-order valence-corrected chi connectivity index (χ0v) is 22.6. The molecule has 4 heterocycles. The number of carbonyl (C=O) groups is 2. The standard InChI is InChI=1S/C29H38FN5O3/c1-20-15-34(24(14-31-20)16-33-9-4-10-38-18-27(33)37)17-26(36)35-19-29(2,3)28-25(35)12-22(13-32-28)11-21-5-7-23(30)8-6-21/h5-8,12-13,20,24,31H,4,9-11,14-19H2,1-3H3/t20-,24-/m1/s1. The van der Waals surface area contributed by atoms with Crippen molar-refractivity contribution in [1.82, 2.24) is 20.1 Å². The van der Waals surface area contributed by atoms with E-state index in [9.17, 15) is 14.0 Å². The summed E-state index contributed by atoms with van der Waals surface area (Å²) in [5.41, 5.74) is 3.51. The number of hydrogen-bond acceptors (Lipinski definition) is 6. The van der Waals surface area contributed by atoms with E-state index in [1.807, 2.05) is 16.0 Å². The minimum absolute atomic E-state index is 0.0161. The van der Waals surface area contributed by atoms with Crippen LogP contribution < -0.4 is 10.2 Å². The zero-order valence-electron chi connectivity index (χ0n) is 22.6. The van der Waals surface area contributed by atoms with Crippen LogP contribution in [0.25, 0.3) is 0 Å². The van der Waals surface area contributed by atoms with E-state index >= 15 is 0 Å². The highest BCUT2D eigenvalue weighted by atomic mass is 19.1. The molecule has 8 nitrogen and oxygen atoms in total. The van der Waals surface area contributed by atoms with E-state index in [-0.39, 0.29) is 48.3 Å². The first-order valence-corrected chi connectivity index (χ1v) is 13.6. The van der Waals surface area contributed by atoms with Crippen molar-refractivity contribution in [3.05, 3.63) is 59.2 Å². The Kier molecular flexibility index (Phi) is 7.79. The molecule has 2 atom stereocenters. The molecule has 9 heteroatoms. The van der Waals surface area contributed by atoms with Crippen LogP contribution in [0.4, 0.5) is 10.1 Å². The second-order valence-corrected chi connectivity index (χ2v) is 11.5. The molecule has 38 heavy (non-hydrogen) atoms. The second-order valence-electron chi connectivity index (χ2n) is 11.5. The molecule has 0 aliphatic carbocycles. The number of pyridine rings is 1. The van der Waals surface area contributed by atoms with Gasteiger partial charge in [0.1, 0.15) is 12.4 Å². The SMILES string of the molecule is C[C@@H]1CN(CC(=O)N2CC(C)(C)c3ncc(Cc4ccc(F)cc4)cc32)[C@@H](CN2CCCOCC2=O)CN1. The van der Waals surface area contributed by atoms with Crippen molar-refractivity contribution in [2.24, 2.45) is 0 Å². The minimum Gasteiger partial charge on any atom is -0.372 e. The van der Waals surface area contributed by atoms with Crippen LogP contribution in [0.2, 0.25) is 0 Å². The molecule has 204 valence electrons. The van der Waals surface area contributed by atoms with Gasteiger partial charge in [0.15, 0.2) is 0 Å². The molecule has 2 fully saturated rings. The van der Waals surface area contributed by atoms with Gasteiger partial charge in [0.2, 0.25) is 11.8 Å². The maximum Gasteiger partial charge on any atom is 0.248 e. The third kappa shape index (κ3) is 5.90. The summed E-state index contributed by atoms with van der Waals surface area (Å²) < 4.78 is 18.8. The summed E-state index contributed by atoms with van der Waals surface area (Å²) in [7, 11) is 0. The molecule has 0 bridgehead atoms. The maximum atomic E-state index is 13.8. The highest BCUT2D eigenvalue weighted by molar-refractivity contribution is 5.97. The molecule has 3 aliphatic rings. The summed E-state index contributed by atoms with van der Waals surface area (Å²) in [6.45, 7) is 10.7. The number of amides is 2. The van der Waals surface area contributed by atoms with E-state index in [0.29, 0.717) is 32.7 Å². The molecule has 2 saturated heterocycles. The highest BCUT2D eigenvalue weighted by Crippen LogP contribution is 2.39. The van der Waals surface area contributed by atoms with Crippen LogP contribution in [-0.4, -0.2) is 91.2 Å². The van der Waals surface area contributed by atoms with Crippen LogP contribution in [0.3, 0.4) is 0 Å². The lowest BCUT2D eigenvalue weighted by atomic mass is 9.91. The molecule has 5 rings (SSSR count). The lowest BCUT2D eigenvalue weighted by molar-refractivity contribution is -0.134. The number of carbonyl (C=O) groups excluding carboxylic acids is 2. The maximum absolute atomic E-state index is 13.8. The number of hydrogen-bond donors (Lipinski definition) is 1. The molecule has 1 aromatic carbocycles. The Bertz CT molecular complexity index is 1170. The number of piperazine rings is 1. The largest absolute Gasteiger partial charge is 0.372 e. The molecule has 0 spiro atoms. The van der Waals surface area contributed by atoms with Crippen molar-refractivity contribution in [3.63, 3.8) is 0 Å². The lowest BCUT2D eigenvalue weighted by Crippen LogP contribution is -2.61. The quantitative estimate of drug-likeness (QED) is 0.627. The Morgan fingerprint density at radius 2 is 2.03 bits per heavy atom. The van der Waals surface area contributed by atoms with Crippen LogP contribution in [0.5, 0.6) is 0 Å². The van der Waals surface area contributed by atoms with Gasteiger partial charge in [-0.3, -0.25) is 19.5 Å². The zero-order chi connectivity index (χ0) is 26.9. The van der Waals surface area contributed by atoms with Crippen molar-refractivity contribution >= 4 is 17.5 Å². The van der Waals surface area contributed by atoms with E-state index in [1.54, 1.807) is 12.1 Å². The highest BCUT2D eigenvalue weighted by Gasteiger charge is 2.41. The predicted octanol–water partition coefficient (Wildman–Crippen LogP) is 2.35. The van der Waals surface area contributed by atoms with Gasteiger partial charge in [0, 0.05) is 63.0 Å². The Morgan fingerprint density at radius 3 is 2.82 bits per heavy atom. The fourth-order valence-corrected chi connectivity index (χ4v) is 5.78. The van der Waals surface area contributed by atoms with E-state index in [0.717, 1.165) is 42.0 Å². The molecule has 0 saturated carbocycles. The molecule has 0 radical (unpaired) electrons. The van der Waals surface area contributed by atoms with Gasteiger partial charge in [-0.2, -0.15) is 0 Å². The molecule has 2 aromatic rings. The van der Waals surface area contributed by atoms with E-state index < -0.39 is 0 Å². The topological polar surface area (TPSA) is 78.0 Å². The number of anilines is 1. The number of aromatic nitrogens is 1. The monoisotopic (exact) mass is 523 g/mol. The first-order valence-electron chi connectivity index (χ1n) is 13.6. The molecular weight excluding hydrogens is 485 g/mol.